The molecule has 0 unspecified atom stereocenters. The molecule has 2 aromatic carbocycles. The van der Waals surface area contributed by atoms with Crippen molar-refractivity contribution in [1.29, 1.82) is 0 Å². The average Bonchev–Trinajstić information content (AvgIpc) is 2.42. The average molecular weight is 289 g/mol. The highest BCUT2D eigenvalue weighted by molar-refractivity contribution is 7.90. The Morgan fingerprint density at radius 3 is 2.30 bits per heavy atom. The largest absolute Gasteiger partial charge is 0.268 e. The Hall–Kier alpha value is -2.14. The Morgan fingerprint density at radius 2 is 1.65 bits per heavy atom. The van der Waals surface area contributed by atoms with Gasteiger partial charge in [-0.2, -0.15) is 0 Å². The normalized spacial score (nSPS) is 11.1. The highest BCUT2D eigenvalue weighted by atomic mass is 32.2. The molecular weight excluding hydrogens is 274 g/mol. The molecule has 0 aliphatic heterocycles. The van der Waals surface area contributed by atoms with Crippen LogP contribution in [-0.4, -0.2) is 14.3 Å². The van der Waals surface area contributed by atoms with Crippen LogP contribution in [0.2, 0.25) is 0 Å². The summed E-state index contributed by atoms with van der Waals surface area (Å²) in [6.07, 6.45) is 0. The minimum Gasteiger partial charge on any atom is -0.268 e. The number of hydrogen-bond acceptors (Lipinski definition) is 3. The van der Waals surface area contributed by atoms with E-state index in [9.17, 15) is 13.2 Å². The Bertz CT molecular complexity index is 737. The SMILES string of the molecule is Cc1ccc(C)c(S(=O)(=O)NC(=O)c2ccccc2)c1. The summed E-state index contributed by atoms with van der Waals surface area (Å²) in [5, 5.41) is 0. The van der Waals surface area contributed by atoms with Gasteiger partial charge in [0.25, 0.3) is 15.9 Å². The van der Waals surface area contributed by atoms with Gasteiger partial charge in [0, 0.05) is 5.56 Å². The predicted octanol–water partition coefficient (Wildman–Crippen LogP) is 2.42. The van der Waals surface area contributed by atoms with Crippen LogP contribution >= 0.6 is 0 Å². The second-order valence-corrected chi connectivity index (χ2v) is 6.22. The van der Waals surface area contributed by atoms with E-state index in [-0.39, 0.29) is 4.90 Å². The number of carbonyl (C=O) groups excluding carboxylic acids is 1. The molecule has 0 atom stereocenters. The first-order valence-corrected chi connectivity index (χ1v) is 7.58. The molecule has 0 radical (unpaired) electrons. The van der Waals surface area contributed by atoms with Gasteiger partial charge >= 0.3 is 0 Å². The van der Waals surface area contributed by atoms with Crippen LogP contribution < -0.4 is 4.72 Å². The summed E-state index contributed by atoms with van der Waals surface area (Å²) in [4.78, 5) is 12.1. The van der Waals surface area contributed by atoms with Gasteiger partial charge in [-0.25, -0.2) is 13.1 Å². The third-order valence-electron chi connectivity index (χ3n) is 2.90. The van der Waals surface area contributed by atoms with E-state index in [4.69, 9.17) is 0 Å². The number of carbonyl (C=O) groups is 1. The maximum atomic E-state index is 12.3. The number of sulfonamides is 1. The van der Waals surface area contributed by atoms with Crippen LogP contribution in [0.25, 0.3) is 0 Å². The number of hydrogen-bond donors (Lipinski definition) is 1. The van der Waals surface area contributed by atoms with Gasteiger partial charge in [-0.05, 0) is 43.2 Å². The van der Waals surface area contributed by atoms with Gasteiger partial charge < -0.3 is 0 Å². The zero-order valence-electron chi connectivity index (χ0n) is 11.3. The fourth-order valence-electron chi connectivity index (χ4n) is 1.82. The van der Waals surface area contributed by atoms with Crippen LogP contribution in [0.3, 0.4) is 0 Å². The standard InChI is InChI=1S/C15H15NO3S/c1-11-8-9-12(2)14(10-11)20(18,19)16-15(17)13-6-4-3-5-7-13/h3-10H,1-2H3,(H,16,17). The predicted molar refractivity (Wildman–Crippen MR) is 77.0 cm³/mol. The van der Waals surface area contributed by atoms with Crippen LogP contribution in [-0.2, 0) is 10.0 Å². The monoisotopic (exact) mass is 289 g/mol. The molecule has 0 saturated carbocycles. The maximum absolute atomic E-state index is 12.3. The van der Waals surface area contributed by atoms with Crippen molar-refractivity contribution < 1.29 is 13.2 Å². The van der Waals surface area contributed by atoms with Crippen molar-refractivity contribution in [2.75, 3.05) is 0 Å². The summed E-state index contributed by atoms with van der Waals surface area (Å²) < 4.78 is 26.6. The third-order valence-corrected chi connectivity index (χ3v) is 4.37. The van der Waals surface area contributed by atoms with E-state index in [2.05, 4.69) is 4.72 Å². The van der Waals surface area contributed by atoms with Gasteiger partial charge in [-0.3, -0.25) is 4.79 Å². The van der Waals surface area contributed by atoms with Crippen molar-refractivity contribution in [1.82, 2.24) is 4.72 Å². The van der Waals surface area contributed by atoms with Gasteiger partial charge in [-0.15, -0.1) is 0 Å². The van der Waals surface area contributed by atoms with Gasteiger partial charge in [0.05, 0.1) is 4.90 Å². The molecule has 2 rings (SSSR count). The van der Waals surface area contributed by atoms with E-state index in [1.807, 2.05) is 6.07 Å². The van der Waals surface area contributed by atoms with Crippen LogP contribution in [0.15, 0.2) is 53.4 Å². The first-order valence-electron chi connectivity index (χ1n) is 6.09. The van der Waals surface area contributed by atoms with Crippen LogP contribution in [0.1, 0.15) is 21.5 Å². The van der Waals surface area contributed by atoms with Gasteiger partial charge in [0.15, 0.2) is 0 Å². The Kier molecular flexibility index (Phi) is 3.90. The van der Waals surface area contributed by atoms with Crippen molar-refractivity contribution >= 4 is 15.9 Å². The zero-order chi connectivity index (χ0) is 14.8. The topological polar surface area (TPSA) is 63.2 Å². The van der Waals surface area contributed by atoms with Crippen molar-refractivity contribution in [3.05, 3.63) is 65.2 Å². The third kappa shape index (κ3) is 3.05. The summed E-state index contributed by atoms with van der Waals surface area (Å²) in [6.45, 7) is 3.50. The first kappa shape index (κ1) is 14.3. The highest BCUT2D eigenvalue weighted by Gasteiger charge is 2.20. The molecule has 2 aromatic rings. The molecule has 104 valence electrons. The lowest BCUT2D eigenvalue weighted by atomic mass is 10.2. The summed E-state index contributed by atoms with van der Waals surface area (Å²) in [7, 11) is -3.86. The fraction of sp³-hybridized carbons (Fsp3) is 0.133. The smallest absolute Gasteiger partial charge is 0.264 e. The van der Waals surface area contributed by atoms with Crippen LogP contribution in [0.5, 0.6) is 0 Å². The summed E-state index contributed by atoms with van der Waals surface area (Å²) in [6, 6.07) is 13.3. The summed E-state index contributed by atoms with van der Waals surface area (Å²) in [5.41, 5.74) is 1.73. The van der Waals surface area contributed by atoms with Gasteiger partial charge in [0.1, 0.15) is 0 Å². The Labute approximate surface area is 118 Å². The van der Waals surface area contributed by atoms with E-state index >= 15 is 0 Å². The molecule has 0 heterocycles. The van der Waals surface area contributed by atoms with E-state index in [0.29, 0.717) is 11.1 Å². The Morgan fingerprint density at radius 1 is 1.00 bits per heavy atom. The second kappa shape index (κ2) is 5.46. The number of rotatable bonds is 3. The molecule has 1 N–H and O–H groups in total. The second-order valence-electron chi connectivity index (χ2n) is 4.57. The molecule has 0 saturated heterocycles. The molecule has 4 nitrogen and oxygen atoms in total. The quantitative estimate of drug-likeness (QED) is 0.944. The first-order chi connectivity index (χ1) is 9.40. The molecule has 0 spiro atoms. The van der Waals surface area contributed by atoms with Crippen molar-refractivity contribution in [2.45, 2.75) is 18.7 Å². The molecule has 0 fully saturated rings. The minimum absolute atomic E-state index is 0.127. The van der Waals surface area contributed by atoms with Crippen LogP contribution in [0.4, 0.5) is 0 Å². The summed E-state index contributed by atoms with van der Waals surface area (Å²) >= 11 is 0. The lowest BCUT2D eigenvalue weighted by Crippen LogP contribution is -2.31. The molecule has 0 aliphatic carbocycles. The molecule has 20 heavy (non-hydrogen) atoms. The molecule has 1 amide bonds. The number of benzene rings is 2. The Balaban J connectivity index is 2.33. The van der Waals surface area contributed by atoms with Crippen molar-refractivity contribution in [3.63, 3.8) is 0 Å². The maximum Gasteiger partial charge on any atom is 0.264 e. The zero-order valence-corrected chi connectivity index (χ0v) is 12.1. The van der Waals surface area contributed by atoms with Crippen molar-refractivity contribution in [2.24, 2.45) is 0 Å². The van der Waals surface area contributed by atoms with E-state index in [0.717, 1.165) is 5.56 Å². The number of amides is 1. The van der Waals surface area contributed by atoms with Gasteiger partial charge in [0.2, 0.25) is 0 Å². The van der Waals surface area contributed by atoms with E-state index < -0.39 is 15.9 Å². The highest BCUT2D eigenvalue weighted by Crippen LogP contribution is 2.17. The van der Waals surface area contributed by atoms with Crippen LogP contribution in [0, 0.1) is 13.8 Å². The minimum atomic E-state index is -3.86. The van der Waals surface area contributed by atoms with E-state index in [1.54, 1.807) is 56.3 Å². The molecule has 5 heteroatoms. The van der Waals surface area contributed by atoms with E-state index in [1.165, 1.54) is 0 Å². The van der Waals surface area contributed by atoms with Gasteiger partial charge in [-0.1, -0.05) is 30.3 Å². The number of nitrogens with one attached hydrogen (secondary N) is 1. The lowest BCUT2D eigenvalue weighted by Gasteiger charge is -2.10. The molecular formula is C15H15NO3S. The van der Waals surface area contributed by atoms with Crippen molar-refractivity contribution in [3.8, 4) is 0 Å². The summed E-state index contributed by atoms with van der Waals surface area (Å²) in [5.74, 6) is -0.633. The number of aryl methyl sites for hydroxylation is 2. The lowest BCUT2D eigenvalue weighted by molar-refractivity contribution is 0.0981. The molecule has 0 aromatic heterocycles. The fourth-order valence-corrected chi connectivity index (χ4v) is 3.13. The molecule has 0 bridgehead atoms. The molecule has 0 aliphatic rings.